The lowest BCUT2D eigenvalue weighted by atomic mass is 10.1. The Labute approximate surface area is 135 Å². The van der Waals surface area contributed by atoms with Crippen LogP contribution in [0.25, 0.3) is 0 Å². The molecule has 0 bridgehead atoms. The molecule has 0 aliphatic heterocycles. The van der Waals surface area contributed by atoms with Gasteiger partial charge < -0.3 is 20.1 Å². The number of methoxy groups -OCH3 is 2. The number of amides is 2. The predicted octanol–water partition coefficient (Wildman–Crippen LogP) is 2.14. The zero-order valence-electron chi connectivity index (χ0n) is 13.3. The number of carbonyl (C=O) groups is 1. The van der Waals surface area contributed by atoms with Crippen LogP contribution in [-0.2, 0) is 13.0 Å². The molecule has 0 radical (unpaired) electrons. The molecule has 2 N–H and O–H groups in total. The number of nitrogens with one attached hydrogen (secondary N) is 2. The lowest BCUT2D eigenvalue weighted by Gasteiger charge is -2.09. The van der Waals surface area contributed by atoms with Crippen molar-refractivity contribution >= 4 is 6.03 Å². The molecule has 0 spiro atoms. The third-order valence-electron chi connectivity index (χ3n) is 3.29. The van der Waals surface area contributed by atoms with Gasteiger partial charge in [-0.15, -0.1) is 0 Å². The Balaban J connectivity index is 1.72. The highest BCUT2D eigenvalue weighted by Crippen LogP contribution is 2.12. The zero-order chi connectivity index (χ0) is 16.5. The van der Waals surface area contributed by atoms with Gasteiger partial charge in [0, 0.05) is 25.4 Å². The van der Waals surface area contributed by atoms with Crippen LogP contribution in [0.4, 0.5) is 4.79 Å². The van der Waals surface area contributed by atoms with Crippen molar-refractivity contribution in [2.75, 3.05) is 20.8 Å². The minimum atomic E-state index is -0.205. The number of aromatic nitrogens is 1. The van der Waals surface area contributed by atoms with Gasteiger partial charge in [0.15, 0.2) is 0 Å². The fourth-order valence-corrected chi connectivity index (χ4v) is 2.07. The molecule has 2 rings (SSSR count). The van der Waals surface area contributed by atoms with Crippen LogP contribution in [0.5, 0.6) is 11.6 Å². The molecule has 0 unspecified atom stereocenters. The first-order valence-electron chi connectivity index (χ1n) is 7.35. The molecule has 0 saturated carbocycles. The Hall–Kier alpha value is -2.76. The number of urea groups is 1. The molecule has 2 aromatic rings. The van der Waals surface area contributed by atoms with E-state index < -0.39 is 0 Å². The zero-order valence-corrected chi connectivity index (χ0v) is 13.3. The van der Waals surface area contributed by atoms with Crippen molar-refractivity contribution in [1.29, 1.82) is 0 Å². The standard InChI is InChI=1S/C17H21N3O3/c1-22-15-5-3-4-13(10-15)6-9-19-17(21)20-12-14-7-8-18-16(11-14)23-2/h3-5,7-8,10-11H,6,9,12H2,1-2H3,(H2,19,20,21). The summed E-state index contributed by atoms with van der Waals surface area (Å²) in [5, 5.41) is 5.63. The Kier molecular flexibility index (Phi) is 6.23. The number of carbonyl (C=O) groups excluding carboxylic acids is 1. The molecule has 2 amide bonds. The van der Waals surface area contributed by atoms with Gasteiger partial charge in [-0.2, -0.15) is 0 Å². The number of nitrogens with zero attached hydrogens (tertiary/aromatic N) is 1. The summed E-state index contributed by atoms with van der Waals surface area (Å²) in [6.07, 6.45) is 2.39. The number of ether oxygens (including phenoxy) is 2. The van der Waals surface area contributed by atoms with Crippen molar-refractivity contribution < 1.29 is 14.3 Å². The van der Waals surface area contributed by atoms with Crippen LogP contribution in [0.1, 0.15) is 11.1 Å². The first-order valence-corrected chi connectivity index (χ1v) is 7.35. The summed E-state index contributed by atoms with van der Waals surface area (Å²) >= 11 is 0. The molecule has 122 valence electrons. The smallest absolute Gasteiger partial charge is 0.315 e. The molecule has 1 aromatic carbocycles. The van der Waals surface area contributed by atoms with Crippen LogP contribution in [-0.4, -0.2) is 31.8 Å². The van der Waals surface area contributed by atoms with E-state index in [1.807, 2.05) is 30.3 Å². The molecular formula is C17H21N3O3. The summed E-state index contributed by atoms with van der Waals surface area (Å²) in [7, 11) is 3.20. The van der Waals surface area contributed by atoms with Crippen molar-refractivity contribution in [3.63, 3.8) is 0 Å². The lowest BCUT2D eigenvalue weighted by Crippen LogP contribution is -2.36. The van der Waals surface area contributed by atoms with Gasteiger partial charge in [0.2, 0.25) is 5.88 Å². The molecule has 0 atom stereocenters. The number of rotatable bonds is 7. The minimum absolute atomic E-state index is 0.205. The van der Waals surface area contributed by atoms with E-state index in [1.54, 1.807) is 26.5 Å². The summed E-state index contributed by atoms with van der Waals surface area (Å²) in [4.78, 5) is 15.8. The first-order chi connectivity index (χ1) is 11.2. The molecule has 1 aromatic heterocycles. The second kappa shape index (κ2) is 8.63. The van der Waals surface area contributed by atoms with Gasteiger partial charge in [-0.1, -0.05) is 12.1 Å². The van der Waals surface area contributed by atoms with Crippen LogP contribution in [0.3, 0.4) is 0 Å². The van der Waals surface area contributed by atoms with E-state index in [0.29, 0.717) is 19.0 Å². The molecule has 0 aliphatic rings. The normalized spacial score (nSPS) is 10.0. The quantitative estimate of drug-likeness (QED) is 0.821. The van der Waals surface area contributed by atoms with Gasteiger partial charge in [0.25, 0.3) is 0 Å². The van der Waals surface area contributed by atoms with Crippen molar-refractivity contribution in [2.45, 2.75) is 13.0 Å². The molecule has 0 fully saturated rings. The third kappa shape index (κ3) is 5.50. The number of pyridine rings is 1. The van der Waals surface area contributed by atoms with Crippen molar-refractivity contribution in [3.05, 3.63) is 53.7 Å². The molecule has 6 heteroatoms. The highest BCUT2D eigenvalue weighted by atomic mass is 16.5. The fourth-order valence-electron chi connectivity index (χ4n) is 2.07. The van der Waals surface area contributed by atoms with E-state index in [0.717, 1.165) is 23.3 Å². The second-order valence-electron chi connectivity index (χ2n) is 4.92. The Morgan fingerprint density at radius 3 is 2.74 bits per heavy atom. The molecule has 0 saturated heterocycles. The van der Waals surface area contributed by atoms with Gasteiger partial charge in [-0.25, -0.2) is 9.78 Å². The fraction of sp³-hybridized carbons (Fsp3) is 0.294. The van der Waals surface area contributed by atoms with Crippen LogP contribution in [0.2, 0.25) is 0 Å². The van der Waals surface area contributed by atoms with Crippen LogP contribution in [0.15, 0.2) is 42.6 Å². The highest BCUT2D eigenvalue weighted by molar-refractivity contribution is 5.73. The third-order valence-corrected chi connectivity index (χ3v) is 3.29. The average molecular weight is 315 g/mol. The number of hydrogen-bond acceptors (Lipinski definition) is 4. The SMILES string of the molecule is COc1cccc(CCNC(=O)NCc2ccnc(OC)c2)c1. The van der Waals surface area contributed by atoms with E-state index in [4.69, 9.17) is 9.47 Å². The summed E-state index contributed by atoms with van der Waals surface area (Å²) in [5.41, 5.74) is 2.04. The number of hydrogen-bond donors (Lipinski definition) is 2. The van der Waals surface area contributed by atoms with Crippen LogP contribution < -0.4 is 20.1 Å². The molecule has 0 aliphatic carbocycles. The van der Waals surface area contributed by atoms with Crippen molar-refractivity contribution in [2.24, 2.45) is 0 Å². The Morgan fingerprint density at radius 1 is 1.09 bits per heavy atom. The molecular weight excluding hydrogens is 294 g/mol. The summed E-state index contributed by atoms with van der Waals surface area (Å²) in [5.74, 6) is 1.35. The van der Waals surface area contributed by atoms with E-state index in [-0.39, 0.29) is 6.03 Å². The minimum Gasteiger partial charge on any atom is -0.497 e. The first kappa shape index (κ1) is 16.6. The van der Waals surface area contributed by atoms with E-state index in [9.17, 15) is 4.79 Å². The monoisotopic (exact) mass is 315 g/mol. The lowest BCUT2D eigenvalue weighted by molar-refractivity contribution is 0.240. The Bertz CT molecular complexity index is 646. The summed E-state index contributed by atoms with van der Waals surface area (Å²) in [6, 6.07) is 11.2. The molecule has 23 heavy (non-hydrogen) atoms. The van der Waals surface area contributed by atoms with Gasteiger partial charge in [0.05, 0.1) is 14.2 Å². The van der Waals surface area contributed by atoms with Gasteiger partial charge in [-0.05, 0) is 35.7 Å². The summed E-state index contributed by atoms with van der Waals surface area (Å²) in [6.45, 7) is 0.975. The Morgan fingerprint density at radius 2 is 1.96 bits per heavy atom. The highest BCUT2D eigenvalue weighted by Gasteiger charge is 2.02. The van der Waals surface area contributed by atoms with E-state index in [2.05, 4.69) is 15.6 Å². The van der Waals surface area contributed by atoms with E-state index >= 15 is 0 Å². The van der Waals surface area contributed by atoms with Crippen molar-refractivity contribution in [3.8, 4) is 11.6 Å². The van der Waals surface area contributed by atoms with Gasteiger partial charge in [0.1, 0.15) is 5.75 Å². The van der Waals surface area contributed by atoms with E-state index in [1.165, 1.54) is 0 Å². The molecule has 6 nitrogen and oxygen atoms in total. The van der Waals surface area contributed by atoms with Gasteiger partial charge in [-0.3, -0.25) is 0 Å². The summed E-state index contributed by atoms with van der Waals surface area (Å²) < 4.78 is 10.2. The maximum Gasteiger partial charge on any atom is 0.315 e. The largest absolute Gasteiger partial charge is 0.497 e. The predicted molar refractivity (Wildman–Crippen MR) is 87.7 cm³/mol. The van der Waals surface area contributed by atoms with Gasteiger partial charge >= 0.3 is 6.03 Å². The average Bonchev–Trinajstić information content (AvgIpc) is 2.60. The topological polar surface area (TPSA) is 72.5 Å². The maximum atomic E-state index is 11.8. The van der Waals surface area contributed by atoms with Crippen molar-refractivity contribution in [1.82, 2.24) is 15.6 Å². The second-order valence-corrected chi connectivity index (χ2v) is 4.92. The maximum absolute atomic E-state index is 11.8. The number of benzene rings is 1. The molecule has 1 heterocycles. The van der Waals surface area contributed by atoms with Crippen LogP contribution >= 0.6 is 0 Å². The van der Waals surface area contributed by atoms with Crippen LogP contribution in [0, 0.1) is 0 Å².